The molecule has 7 nitrogen and oxygen atoms in total. The Labute approximate surface area is 154 Å². The number of alkyl halides is 3. The van der Waals surface area contributed by atoms with Crippen LogP contribution >= 0.6 is 11.6 Å². The minimum atomic E-state index is -4.81. The van der Waals surface area contributed by atoms with E-state index in [9.17, 15) is 28.1 Å². The van der Waals surface area contributed by atoms with Gasteiger partial charge in [0.25, 0.3) is 5.69 Å². The van der Waals surface area contributed by atoms with E-state index in [1.165, 1.54) is 0 Å². The van der Waals surface area contributed by atoms with Crippen LogP contribution in [0.25, 0.3) is 11.0 Å². The zero-order valence-electron chi connectivity index (χ0n) is 13.6. The molecule has 11 heteroatoms. The number of fused-ring (bicyclic) bond motifs is 1. The van der Waals surface area contributed by atoms with Gasteiger partial charge in [0.2, 0.25) is 0 Å². The van der Waals surface area contributed by atoms with Crippen LogP contribution in [0.4, 0.5) is 24.5 Å². The van der Waals surface area contributed by atoms with Crippen LogP contribution < -0.4 is 11.0 Å². The van der Waals surface area contributed by atoms with Gasteiger partial charge in [0.15, 0.2) is 0 Å². The fourth-order valence-corrected chi connectivity index (χ4v) is 2.95. The Morgan fingerprint density at radius 2 is 1.85 bits per heavy atom. The second-order valence-corrected chi connectivity index (χ2v) is 6.26. The molecule has 0 spiro atoms. The van der Waals surface area contributed by atoms with E-state index in [2.05, 4.69) is 15.3 Å². The fraction of sp³-hybridized carbons (Fsp3) is 0.188. The first-order chi connectivity index (χ1) is 12.6. The van der Waals surface area contributed by atoms with Crippen LogP contribution in [0.1, 0.15) is 24.1 Å². The number of nitro groups is 1. The molecule has 3 N–H and O–H groups in total. The van der Waals surface area contributed by atoms with Gasteiger partial charge in [-0.1, -0.05) is 17.7 Å². The van der Waals surface area contributed by atoms with E-state index in [1.54, 1.807) is 25.1 Å². The van der Waals surface area contributed by atoms with Crippen LogP contribution in [-0.2, 0) is 6.18 Å². The predicted molar refractivity (Wildman–Crippen MR) is 94.1 cm³/mol. The highest BCUT2D eigenvalue weighted by Crippen LogP contribution is 2.41. The summed E-state index contributed by atoms with van der Waals surface area (Å²) in [5.74, 6) is 0. The maximum absolute atomic E-state index is 12.9. The highest BCUT2D eigenvalue weighted by molar-refractivity contribution is 6.31. The standard InChI is InChI=1S/C16H12ClF3N4O3/c1-7(8-2-3-11-12(4-8)23-15(25)22-11)21-13-6-10(17)9(16(18,19)20)5-14(13)24(26)27/h2-7,21H,1H3,(H2,22,23,25)/t7-/m0/s1. The van der Waals surface area contributed by atoms with Crippen molar-refractivity contribution >= 4 is 34.0 Å². The van der Waals surface area contributed by atoms with E-state index in [0.717, 1.165) is 6.07 Å². The third kappa shape index (κ3) is 3.75. The zero-order valence-corrected chi connectivity index (χ0v) is 14.4. The Hall–Kier alpha value is -3.01. The molecule has 0 fully saturated rings. The third-order valence-electron chi connectivity index (χ3n) is 4.00. The molecular weight excluding hydrogens is 389 g/mol. The van der Waals surface area contributed by atoms with E-state index in [1.807, 2.05) is 0 Å². The summed E-state index contributed by atoms with van der Waals surface area (Å²) in [4.78, 5) is 26.8. The van der Waals surface area contributed by atoms with Crippen molar-refractivity contribution in [3.8, 4) is 0 Å². The number of benzene rings is 2. The van der Waals surface area contributed by atoms with E-state index in [0.29, 0.717) is 22.7 Å². The fourth-order valence-electron chi connectivity index (χ4n) is 2.68. The Morgan fingerprint density at radius 1 is 1.19 bits per heavy atom. The molecule has 1 aromatic heterocycles. The van der Waals surface area contributed by atoms with Crippen molar-refractivity contribution in [1.29, 1.82) is 0 Å². The van der Waals surface area contributed by atoms with Gasteiger partial charge in [0, 0.05) is 12.1 Å². The van der Waals surface area contributed by atoms with Crippen LogP contribution in [0, 0.1) is 10.1 Å². The third-order valence-corrected chi connectivity index (χ3v) is 4.31. The number of nitrogens with zero attached hydrogens (tertiary/aromatic N) is 1. The van der Waals surface area contributed by atoms with Gasteiger partial charge < -0.3 is 15.3 Å². The summed E-state index contributed by atoms with van der Waals surface area (Å²) in [5, 5.41) is 13.4. The van der Waals surface area contributed by atoms with Crippen molar-refractivity contribution in [3.05, 3.63) is 67.1 Å². The lowest BCUT2D eigenvalue weighted by Crippen LogP contribution is -2.11. The molecule has 0 saturated carbocycles. The minimum absolute atomic E-state index is 0.145. The molecular formula is C16H12ClF3N4O3. The zero-order chi connectivity index (χ0) is 19.9. The monoisotopic (exact) mass is 400 g/mol. The van der Waals surface area contributed by atoms with Crippen LogP contribution in [0.15, 0.2) is 35.1 Å². The molecule has 0 bridgehead atoms. The molecule has 0 radical (unpaired) electrons. The molecule has 0 aliphatic rings. The molecule has 1 heterocycles. The topological polar surface area (TPSA) is 104 Å². The molecule has 0 unspecified atom stereocenters. The summed E-state index contributed by atoms with van der Waals surface area (Å²) < 4.78 is 38.8. The van der Waals surface area contributed by atoms with Gasteiger partial charge in [0.1, 0.15) is 5.69 Å². The smallest absolute Gasteiger partial charge is 0.373 e. The number of nitro benzene ring substituents is 1. The number of H-pyrrole nitrogens is 2. The van der Waals surface area contributed by atoms with Gasteiger partial charge in [-0.2, -0.15) is 13.2 Å². The SMILES string of the molecule is C[C@H](Nc1cc(Cl)c(C(F)(F)F)cc1[N+](=O)[O-])c1ccc2[nH]c(=O)[nH]c2c1. The average Bonchev–Trinajstić information content (AvgIpc) is 2.92. The van der Waals surface area contributed by atoms with Crippen molar-refractivity contribution in [2.24, 2.45) is 0 Å². The van der Waals surface area contributed by atoms with Gasteiger partial charge in [-0.05, 0) is 30.7 Å². The van der Waals surface area contributed by atoms with Gasteiger partial charge in [0.05, 0.1) is 26.5 Å². The second kappa shape index (κ2) is 6.62. The van der Waals surface area contributed by atoms with Crippen molar-refractivity contribution in [2.45, 2.75) is 19.1 Å². The van der Waals surface area contributed by atoms with E-state index in [-0.39, 0.29) is 11.4 Å². The molecule has 0 aliphatic heterocycles. The van der Waals surface area contributed by atoms with Crippen molar-refractivity contribution < 1.29 is 18.1 Å². The Balaban J connectivity index is 1.98. The quantitative estimate of drug-likeness (QED) is 0.439. The summed E-state index contributed by atoms with van der Waals surface area (Å²) in [5.41, 5.74) is -0.773. The normalized spacial score (nSPS) is 12.9. The summed E-state index contributed by atoms with van der Waals surface area (Å²) in [6, 6.07) is 5.76. The molecule has 2 aromatic carbocycles. The highest BCUT2D eigenvalue weighted by atomic mass is 35.5. The largest absolute Gasteiger partial charge is 0.418 e. The molecule has 3 aromatic rings. The van der Waals surface area contributed by atoms with E-state index >= 15 is 0 Å². The maximum Gasteiger partial charge on any atom is 0.418 e. The number of aromatic nitrogens is 2. The number of imidazole rings is 1. The Morgan fingerprint density at radius 3 is 2.48 bits per heavy atom. The van der Waals surface area contributed by atoms with Crippen molar-refractivity contribution in [3.63, 3.8) is 0 Å². The average molecular weight is 401 g/mol. The Bertz CT molecular complexity index is 1090. The molecule has 0 aliphatic carbocycles. The minimum Gasteiger partial charge on any atom is -0.373 e. The summed E-state index contributed by atoms with van der Waals surface area (Å²) >= 11 is 5.67. The second-order valence-electron chi connectivity index (χ2n) is 5.85. The number of nitrogens with one attached hydrogen (secondary N) is 3. The summed E-state index contributed by atoms with van der Waals surface area (Å²) in [6.07, 6.45) is -4.81. The van der Waals surface area contributed by atoms with Gasteiger partial charge in [-0.3, -0.25) is 10.1 Å². The number of anilines is 1. The highest BCUT2D eigenvalue weighted by Gasteiger charge is 2.36. The maximum atomic E-state index is 12.9. The van der Waals surface area contributed by atoms with E-state index < -0.39 is 33.4 Å². The number of halogens is 4. The predicted octanol–water partition coefficient (Wildman–Crippen LogP) is 4.61. The van der Waals surface area contributed by atoms with Gasteiger partial charge >= 0.3 is 11.9 Å². The first-order valence-corrected chi connectivity index (χ1v) is 7.97. The molecule has 1 atom stereocenters. The number of rotatable bonds is 4. The van der Waals surface area contributed by atoms with Crippen LogP contribution in [0.5, 0.6) is 0 Å². The van der Waals surface area contributed by atoms with Crippen LogP contribution in [-0.4, -0.2) is 14.9 Å². The number of aromatic amines is 2. The first-order valence-electron chi connectivity index (χ1n) is 7.60. The first kappa shape index (κ1) is 18.8. The summed E-state index contributed by atoms with van der Waals surface area (Å²) in [7, 11) is 0. The van der Waals surface area contributed by atoms with Crippen molar-refractivity contribution in [2.75, 3.05) is 5.32 Å². The van der Waals surface area contributed by atoms with Gasteiger partial charge in [-0.25, -0.2) is 4.79 Å². The van der Waals surface area contributed by atoms with Gasteiger partial charge in [-0.15, -0.1) is 0 Å². The van der Waals surface area contributed by atoms with Crippen molar-refractivity contribution in [1.82, 2.24) is 9.97 Å². The van der Waals surface area contributed by atoms with Crippen LogP contribution in [0.3, 0.4) is 0 Å². The molecule has 0 saturated heterocycles. The Kier molecular flexibility index (Phi) is 4.60. The van der Waals surface area contributed by atoms with E-state index in [4.69, 9.17) is 11.6 Å². The number of hydrogen-bond acceptors (Lipinski definition) is 4. The molecule has 0 amide bonds. The summed E-state index contributed by atoms with van der Waals surface area (Å²) in [6.45, 7) is 1.67. The number of hydrogen-bond donors (Lipinski definition) is 3. The lowest BCUT2D eigenvalue weighted by molar-refractivity contribution is -0.384. The molecule has 142 valence electrons. The lowest BCUT2D eigenvalue weighted by Gasteiger charge is -2.17. The van der Waals surface area contributed by atoms with Crippen LogP contribution in [0.2, 0.25) is 5.02 Å². The molecule has 27 heavy (non-hydrogen) atoms. The molecule has 3 rings (SSSR count). The lowest BCUT2D eigenvalue weighted by atomic mass is 10.1.